The molecule has 0 aliphatic rings. The third kappa shape index (κ3) is 7.15. The third-order valence-corrected chi connectivity index (χ3v) is 4.41. The van der Waals surface area contributed by atoms with Gasteiger partial charge in [-0.2, -0.15) is 5.10 Å². The summed E-state index contributed by atoms with van der Waals surface area (Å²) in [6.45, 7) is 0. The zero-order chi connectivity index (χ0) is 23.5. The predicted molar refractivity (Wildman–Crippen MR) is 124 cm³/mol. The van der Waals surface area contributed by atoms with Crippen LogP contribution in [-0.4, -0.2) is 24.0 Å². The van der Waals surface area contributed by atoms with Crippen LogP contribution >= 0.6 is 0 Å². The fourth-order valence-electron chi connectivity index (χ4n) is 2.71. The molecule has 7 nitrogen and oxygen atoms in total. The average molecular weight is 438 g/mol. The number of carboxylic acids is 1. The van der Waals surface area contributed by atoms with E-state index < -0.39 is 17.8 Å². The van der Waals surface area contributed by atoms with E-state index in [1.165, 1.54) is 36.6 Å². The fraction of sp³-hybridized carbons (Fsp3) is 0. The minimum atomic E-state index is -1.28. The Bertz CT molecular complexity index is 1200. The van der Waals surface area contributed by atoms with Gasteiger partial charge in [0.2, 0.25) is 0 Å². The van der Waals surface area contributed by atoms with E-state index in [0.717, 1.165) is 5.56 Å². The van der Waals surface area contributed by atoms with E-state index in [1.807, 2.05) is 30.3 Å². The second-order valence-corrected chi connectivity index (χ2v) is 6.78. The van der Waals surface area contributed by atoms with Crippen LogP contribution in [0.1, 0.15) is 31.8 Å². The number of amides is 2. The molecule has 0 atom stereocenters. The minimum absolute atomic E-state index is 0.000448. The van der Waals surface area contributed by atoms with Crippen molar-refractivity contribution < 1.29 is 19.5 Å². The van der Waals surface area contributed by atoms with Crippen molar-refractivity contribution in [3.63, 3.8) is 0 Å². The van der Waals surface area contributed by atoms with Crippen LogP contribution in [0.3, 0.4) is 0 Å². The van der Waals surface area contributed by atoms with Gasteiger partial charge in [0.15, 0.2) is 0 Å². The van der Waals surface area contributed by atoms with Gasteiger partial charge in [-0.3, -0.25) is 9.59 Å². The Labute approximate surface area is 190 Å². The smallest absolute Gasteiger partial charge is 0.287 e. The summed E-state index contributed by atoms with van der Waals surface area (Å²) in [7, 11) is 0. The maximum absolute atomic E-state index is 12.7. The molecular weight excluding hydrogens is 418 g/mol. The first-order valence-corrected chi connectivity index (χ1v) is 9.97. The van der Waals surface area contributed by atoms with E-state index in [4.69, 9.17) is 0 Å². The molecule has 0 aliphatic carbocycles. The molecule has 0 radical (unpaired) electrons. The number of aromatic carboxylic acids is 1. The second kappa shape index (κ2) is 11.6. The lowest BCUT2D eigenvalue weighted by Crippen LogP contribution is -2.32. The molecule has 3 aromatic rings. The van der Waals surface area contributed by atoms with Gasteiger partial charge in [-0.05, 0) is 34.9 Å². The lowest BCUT2D eigenvalue weighted by atomic mass is 10.1. The molecule has 0 spiro atoms. The van der Waals surface area contributed by atoms with E-state index >= 15 is 0 Å². The Balaban J connectivity index is 1.73. The van der Waals surface area contributed by atoms with Crippen LogP contribution < -0.4 is 15.8 Å². The van der Waals surface area contributed by atoms with Crippen molar-refractivity contribution in [2.24, 2.45) is 5.10 Å². The van der Waals surface area contributed by atoms with E-state index in [-0.39, 0.29) is 11.3 Å². The Morgan fingerprint density at radius 3 is 2.03 bits per heavy atom. The van der Waals surface area contributed by atoms with Crippen LogP contribution in [0, 0.1) is 0 Å². The molecule has 3 rings (SSSR count). The average Bonchev–Trinajstić information content (AvgIpc) is 2.84. The molecular formula is C26H20N3O4-. The number of hydrazone groups is 1. The largest absolute Gasteiger partial charge is 0.545 e. The molecule has 7 heteroatoms. The molecule has 33 heavy (non-hydrogen) atoms. The number of benzene rings is 3. The number of hydrogen-bond acceptors (Lipinski definition) is 5. The maximum atomic E-state index is 12.7. The van der Waals surface area contributed by atoms with Crippen LogP contribution in [0.4, 0.5) is 0 Å². The van der Waals surface area contributed by atoms with Gasteiger partial charge in [0.1, 0.15) is 5.70 Å². The number of allylic oxidation sites excluding steroid dienone is 2. The second-order valence-electron chi connectivity index (χ2n) is 6.78. The highest BCUT2D eigenvalue weighted by Crippen LogP contribution is 2.05. The van der Waals surface area contributed by atoms with E-state index in [9.17, 15) is 19.5 Å². The molecule has 0 aromatic heterocycles. The van der Waals surface area contributed by atoms with Gasteiger partial charge in [-0.1, -0.05) is 84.9 Å². The quantitative estimate of drug-likeness (QED) is 0.244. The zero-order valence-corrected chi connectivity index (χ0v) is 17.5. The molecule has 3 aromatic carbocycles. The molecule has 164 valence electrons. The Kier molecular flexibility index (Phi) is 8.03. The lowest BCUT2D eigenvalue weighted by Gasteiger charge is -2.08. The Morgan fingerprint density at radius 2 is 1.39 bits per heavy atom. The van der Waals surface area contributed by atoms with Crippen LogP contribution in [-0.2, 0) is 4.79 Å². The highest BCUT2D eigenvalue weighted by molar-refractivity contribution is 6.03. The van der Waals surface area contributed by atoms with Gasteiger partial charge in [0.05, 0.1) is 12.2 Å². The topological polar surface area (TPSA) is 111 Å². The molecule has 0 unspecified atom stereocenters. The zero-order valence-electron chi connectivity index (χ0n) is 17.5. The number of rotatable bonds is 8. The summed E-state index contributed by atoms with van der Waals surface area (Å²) < 4.78 is 0. The normalized spacial score (nSPS) is 11.5. The molecule has 0 fully saturated rings. The van der Waals surface area contributed by atoms with Gasteiger partial charge in [0, 0.05) is 5.56 Å². The van der Waals surface area contributed by atoms with Gasteiger partial charge < -0.3 is 15.2 Å². The van der Waals surface area contributed by atoms with E-state index in [2.05, 4.69) is 15.8 Å². The number of nitrogens with one attached hydrogen (secondary N) is 2. The molecule has 0 aliphatic heterocycles. The fourth-order valence-corrected chi connectivity index (χ4v) is 2.71. The summed E-state index contributed by atoms with van der Waals surface area (Å²) in [5.41, 5.74) is 4.30. The summed E-state index contributed by atoms with van der Waals surface area (Å²) in [5, 5.41) is 17.3. The summed E-state index contributed by atoms with van der Waals surface area (Å²) in [6, 6.07) is 23.8. The number of carbonyl (C=O) groups excluding carboxylic acids is 3. The Morgan fingerprint density at radius 1 is 0.758 bits per heavy atom. The standard InChI is InChI=1S/C26H21N3O4/c30-24(21-11-5-2-6-12-21)28-23(13-7-10-19-8-3-1-4-9-19)25(31)29-27-18-20-14-16-22(17-15-20)26(32)33/h1-18H,(H,28,30)(H,29,31)(H,32,33)/p-1/b10-7+,23-13-,27-18-. The molecule has 2 N–H and O–H groups in total. The van der Waals surface area contributed by atoms with Gasteiger partial charge >= 0.3 is 0 Å². The van der Waals surface area contributed by atoms with Crippen LogP contribution in [0.15, 0.2) is 108 Å². The van der Waals surface area contributed by atoms with Crippen molar-refractivity contribution in [2.45, 2.75) is 0 Å². The number of nitrogens with zero attached hydrogens (tertiary/aromatic N) is 1. The van der Waals surface area contributed by atoms with Crippen LogP contribution in [0.5, 0.6) is 0 Å². The highest BCUT2D eigenvalue weighted by Gasteiger charge is 2.13. The highest BCUT2D eigenvalue weighted by atomic mass is 16.4. The van der Waals surface area contributed by atoms with Crippen molar-refractivity contribution in [3.8, 4) is 0 Å². The first kappa shape index (κ1) is 22.9. The summed E-state index contributed by atoms with van der Waals surface area (Å²) in [6.07, 6.45) is 6.28. The number of carbonyl (C=O) groups is 3. The van der Waals surface area contributed by atoms with Crippen LogP contribution in [0.2, 0.25) is 0 Å². The SMILES string of the molecule is O=C(N/N=C\c1ccc(C(=O)[O-])cc1)/C(=C/C=C/c1ccccc1)NC(=O)c1ccccc1. The number of hydrogen-bond donors (Lipinski definition) is 2. The van der Waals surface area contributed by atoms with E-state index in [0.29, 0.717) is 11.1 Å². The summed E-state index contributed by atoms with van der Waals surface area (Å²) in [5.74, 6) is -2.34. The Hall–Kier alpha value is -4.78. The molecule has 2 amide bonds. The minimum Gasteiger partial charge on any atom is -0.545 e. The van der Waals surface area contributed by atoms with Crippen molar-refractivity contribution in [1.29, 1.82) is 0 Å². The third-order valence-electron chi connectivity index (χ3n) is 4.41. The monoisotopic (exact) mass is 438 g/mol. The predicted octanol–water partition coefficient (Wildman–Crippen LogP) is 2.53. The van der Waals surface area contributed by atoms with Crippen molar-refractivity contribution in [1.82, 2.24) is 10.7 Å². The van der Waals surface area contributed by atoms with Crippen molar-refractivity contribution >= 4 is 30.1 Å². The molecule has 0 heterocycles. The first-order valence-electron chi connectivity index (χ1n) is 9.97. The van der Waals surface area contributed by atoms with E-state index in [1.54, 1.807) is 42.5 Å². The summed E-state index contributed by atoms with van der Waals surface area (Å²) in [4.78, 5) is 36.0. The molecule has 0 saturated carbocycles. The van der Waals surface area contributed by atoms with Crippen molar-refractivity contribution in [2.75, 3.05) is 0 Å². The lowest BCUT2D eigenvalue weighted by molar-refractivity contribution is -0.255. The van der Waals surface area contributed by atoms with Gasteiger partial charge in [-0.15, -0.1) is 0 Å². The number of carboxylic acid groups (broad SMARTS) is 1. The van der Waals surface area contributed by atoms with Crippen molar-refractivity contribution in [3.05, 3.63) is 125 Å². The maximum Gasteiger partial charge on any atom is 0.287 e. The molecule has 0 saturated heterocycles. The summed E-state index contributed by atoms with van der Waals surface area (Å²) >= 11 is 0. The van der Waals surface area contributed by atoms with Gasteiger partial charge in [0.25, 0.3) is 11.8 Å². The van der Waals surface area contributed by atoms with Crippen LogP contribution in [0.25, 0.3) is 6.08 Å². The first-order chi connectivity index (χ1) is 16.0. The van der Waals surface area contributed by atoms with Gasteiger partial charge in [-0.25, -0.2) is 5.43 Å². The molecule has 0 bridgehead atoms.